The third-order valence-corrected chi connectivity index (χ3v) is 4.17. The van der Waals surface area contributed by atoms with Gasteiger partial charge in [-0.2, -0.15) is 5.23 Å². The molecule has 3 rings (SSSR count). The fraction of sp³-hybridized carbons (Fsp3) is 0. The van der Waals surface area contributed by atoms with Crippen LogP contribution in [0, 0.1) is 5.21 Å². The quantitative estimate of drug-likeness (QED) is 0.318. The fourth-order valence-electron chi connectivity index (χ4n) is 2.83. The van der Waals surface area contributed by atoms with E-state index in [1.807, 2.05) is 72.8 Å². The second kappa shape index (κ2) is 8.33. The smallest absolute Gasteiger partial charge is 0.182 e. The standard InChI is InChI=1S/C22H21N3O2/c23-20-15-21(24)19(14-12-17-9-5-2-6-10-17)22(25(26)27)18(20)13-11-16-7-3-1-4-8-16/h1-15,25-26H,23-24H2. The lowest BCUT2D eigenvalue weighted by Crippen LogP contribution is -2.99. The number of rotatable bonds is 5. The molecule has 0 saturated carbocycles. The van der Waals surface area contributed by atoms with Crippen molar-refractivity contribution in [1.29, 1.82) is 0 Å². The Morgan fingerprint density at radius 2 is 1.11 bits per heavy atom. The van der Waals surface area contributed by atoms with Crippen LogP contribution in [0.1, 0.15) is 22.3 Å². The first-order chi connectivity index (χ1) is 13.1. The molecule has 0 aliphatic carbocycles. The molecule has 136 valence electrons. The Kier molecular flexibility index (Phi) is 5.68. The van der Waals surface area contributed by atoms with Gasteiger partial charge in [-0.15, -0.1) is 0 Å². The first kappa shape index (κ1) is 18.4. The lowest BCUT2D eigenvalue weighted by Gasteiger charge is -2.19. The number of hydrogen-bond acceptors (Lipinski definition) is 4. The van der Waals surface area contributed by atoms with Crippen LogP contribution in [0.4, 0.5) is 17.1 Å². The minimum atomic E-state index is -1.07. The number of anilines is 2. The molecule has 6 N–H and O–H groups in total. The lowest BCUT2D eigenvalue weighted by molar-refractivity contribution is -0.991. The van der Waals surface area contributed by atoms with Crippen LogP contribution in [0.5, 0.6) is 0 Å². The number of benzene rings is 3. The van der Waals surface area contributed by atoms with E-state index in [1.165, 1.54) is 0 Å². The monoisotopic (exact) mass is 359 g/mol. The summed E-state index contributed by atoms with van der Waals surface area (Å²) in [6.07, 6.45) is 7.10. The Morgan fingerprint density at radius 3 is 1.48 bits per heavy atom. The molecule has 0 radical (unpaired) electrons. The van der Waals surface area contributed by atoms with Gasteiger partial charge in [-0.25, -0.2) is 5.21 Å². The van der Waals surface area contributed by atoms with E-state index in [-0.39, 0.29) is 5.69 Å². The Balaban J connectivity index is 2.08. The van der Waals surface area contributed by atoms with E-state index >= 15 is 0 Å². The summed E-state index contributed by atoms with van der Waals surface area (Å²) >= 11 is 0. The molecule has 0 aliphatic heterocycles. The zero-order chi connectivity index (χ0) is 19.2. The molecule has 5 heteroatoms. The maximum Gasteiger partial charge on any atom is 0.182 e. The second-order valence-corrected chi connectivity index (χ2v) is 6.05. The summed E-state index contributed by atoms with van der Waals surface area (Å²) in [5.74, 6) is 0. The van der Waals surface area contributed by atoms with Crippen molar-refractivity contribution in [2.24, 2.45) is 0 Å². The lowest BCUT2D eigenvalue weighted by atomic mass is 10.0. The molecule has 0 saturated heterocycles. The Morgan fingerprint density at radius 1 is 0.704 bits per heavy atom. The van der Waals surface area contributed by atoms with Crippen LogP contribution in [-0.2, 0) is 0 Å². The third kappa shape index (κ3) is 4.43. The van der Waals surface area contributed by atoms with Crippen molar-refractivity contribution in [1.82, 2.24) is 0 Å². The van der Waals surface area contributed by atoms with Crippen molar-refractivity contribution in [3.05, 3.63) is 94.2 Å². The fourth-order valence-corrected chi connectivity index (χ4v) is 2.83. The van der Waals surface area contributed by atoms with Gasteiger partial charge in [0.1, 0.15) is 0 Å². The highest BCUT2D eigenvalue weighted by atomic mass is 16.8. The number of nitrogen functional groups attached to an aromatic ring is 2. The van der Waals surface area contributed by atoms with Crippen LogP contribution >= 0.6 is 0 Å². The molecule has 3 aromatic carbocycles. The van der Waals surface area contributed by atoms with E-state index in [0.717, 1.165) is 11.1 Å². The maximum atomic E-state index is 12.0. The van der Waals surface area contributed by atoms with Gasteiger partial charge in [0.2, 0.25) is 0 Å². The van der Waals surface area contributed by atoms with Gasteiger partial charge in [0.25, 0.3) is 0 Å². The zero-order valence-electron chi connectivity index (χ0n) is 14.7. The molecular weight excluding hydrogens is 338 g/mol. The summed E-state index contributed by atoms with van der Waals surface area (Å²) in [6.45, 7) is 0. The third-order valence-electron chi connectivity index (χ3n) is 4.17. The van der Waals surface area contributed by atoms with Crippen molar-refractivity contribution in [2.75, 3.05) is 11.5 Å². The van der Waals surface area contributed by atoms with E-state index in [4.69, 9.17) is 11.5 Å². The number of hydrogen-bond donors (Lipinski definition) is 4. The van der Waals surface area contributed by atoms with Crippen LogP contribution in [0.2, 0.25) is 0 Å². The average Bonchev–Trinajstić information content (AvgIpc) is 2.67. The van der Waals surface area contributed by atoms with Gasteiger partial charge in [0, 0.05) is 11.4 Å². The first-order valence-electron chi connectivity index (χ1n) is 8.48. The van der Waals surface area contributed by atoms with Gasteiger partial charge in [-0.1, -0.05) is 72.8 Å². The largest absolute Gasteiger partial charge is 0.595 e. The molecule has 0 aliphatic rings. The molecule has 3 aromatic rings. The molecule has 0 aromatic heterocycles. The van der Waals surface area contributed by atoms with Gasteiger partial charge >= 0.3 is 0 Å². The highest BCUT2D eigenvalue weighted by Gasteiger charge is 2.18. The van der Waals surface area contributed by atoms with E-state index in [0.29, 0.717) is 22.5 Å². The highest BCUT2D eigenvalue weighted by molar-refractivity contribution is 5.91. The molecule has 5 nitrogen and oxygen atoms in total. The summed E-state index contributed by atoms with van der Waals surface area (Å²) in [6, 6.07) is 20.8. The Bertz CT molecular complexity index is 892. The molecule has 0 spiro atoms. The maximum absolute atomic E-state index is 12.0. The van der Waals surface area contributed by atoms with Crippen LogP contribution < -0.4 is 16.7 Å². The molecular formula is C22H21N3O2. The van der Waals surface area contributed by atoms with E-state index in [2.05, 4.69) is 0 Å². The van der Waals surface area contributed by atoms with Gasteiger partial charge in [-0.05, 0) is 29.3 Å². The van der Waals surface area contributed by atoms with Gasteiger partial charge in [0.05, 0.1) is 11.1 Å². The summed E-state index contributed by atoms with van der Waals surface area (Å²) in [4.78, 5) is 0. The molecule has 0 bridgehead atoms. The van der Waals surface area contributed by atoms with Crippen molar-refractivity contribution < 1.29 is 10.4 Å². The summed E-state index contributed by atoms with van der Waals surface area (Å²) in [5.41, 5.74) is 15.7. The van der Waals surface area contributed by atoms with Crippen LogP contribution in [0.3, 0.4) is 0 Å². The van der Waals surface area contributed by atoms with Crippen molar-refractivity contribution in [2.45, 2.75) is 0 Å². The SMILES string of the molecule is Nc1cc(N)c(C=Cc2ccccc2)c([NH+]([O-])O)c1C=Cc1ccccc1. The van der Waals surface area contributed by atoms with Gasteiger partial charge in [-0.3, -0.25) is 0 Å². The number of quaternary nitrogens is 1. The van der Waals surface area contributed by atoms with Crippen molar-refractivity contribution >= 4 is 41.4 Å². The summed E-state index contributed by atoms with van der Waals surface area (Å²) < 4.78 is 0. The zero-order valence-corrected chi connectivity index (χ0v) is 14.7. The van der Waals surface area contributed by atoms with Crippen LogP contribution in [0.25, 0.3) is 24.3 Å². The molecule has 0 fully saturated rings. The van der Waals surface area contributed by atoms with Gasteiger partial charge in [0.15, 0.2) is 5.69 Å². The highest BCUT2D eigenvalue weighted by Crippen LogP contribution is 2.32. The average molecular weight is 359 g/mol. The van der Waals surface area contributed by atoms with Gasteiger partial charge < -0.3 is 16.7 Å². The normalized spacial score (nSPS) is 12.7. The minimum Gasteiger partial charge on any atom is -0.595 e. The minimum absolute atomic E-state index is 0.0897. The number of nitrogens with two attached hydrogens (primary N) is 2. The van der Waals surface area contributed by atoms with E-state index in [1.54, 1.807) is 18.2 Å². The number of nitrogens with one attached hydrogen (secondary N) is 1. The van der Waals surface area contributed by atoms with E-state index in [9.17, 15) is 10.4 Å². The predicted octanol–water partition coefficient (Wildman–Crippen LogP) is 3.60. The molecule has 0 amide bonds. The summed E-state index contributed by atoms with van der Waals surface area (Å²) in [7, 11) is 0. The topological polar surface area (TPSA) is 99.8 Å². The van der Waals surface area contributed by atoms with E-state index < -0.39 is 5.23 Å². The molecule has 1 unspecified atom stereocenters. The predicted molar refractivity (Wildman–Crippen MR) is 112 cm³/mol. The summed E-state index contributed by atoms with van der Waals surface area (Å²) in [5, 5.41) is 20.7. The Labute approximate surface area is 158 Å². The van der Waals surface area contributed by atoms with Crippen molar-refractivity contribution in [3.63, 3.8) is 0 Å². The second-order valence-electron chi connectivity index (χ2n) is 6.05. The van der Waals surface area contributed by atoms with Crippen LogP contribution in [-0.4, -0.2) is 5.21 Å². The Hall–Kier alpha value is -3.38. The molecule has 0 heterocycles. The van der Waals surface area contributed by atoms with Crippen molar-refractivity contribution in [3.8, 4) is 0 Å². The first-order valence-corrected chi connectivity index (χ1v) is 8.48. The molecule has 27 heavy (non-hydrogen) atoms. The molecule has 1 atom stereocenters. The van der Waals surface area contributed by atoms with Crippen LogP contribution in [0.15, 0.2) is 66.7 Å².